The van der Waals surface area contributed by atoms with Gasteiger partial charge in [-0.1, -0.05) is 0 Å². The second kappa shape index (κ2) is 3.61. The molecule has 2 aliphatic rings. The lowest BCUT2D eigenvalue weighted by molar-refractivity contribution is 0.554. The van der Waals surface area contributed by atoms with Crippen molar-refractivity contribution in [3.8, 4) is 0 Å². The summed E-state index contributed by atoms with van der Waals surface area (Å²) in [5, 5.41) is 1.08. The standard InChI is InChI=1S/C15H17N3/c16-15-12-2-1-7-17-13(12)5-6-14(15)18-9-10-3-4-11(18)8-10/h1-2,5-7,10-11H,3-4,8-9,16H2. The van der Waals surface area contributed by atoms with Crippen LogP contribution in [0.1, 0.15) is 19.3 Å². The first-order valence-electron chi connectivity index (χ1n) is 6.73. The second-order valence-corrected chi connectivity index (χ2v) is 5.55. The number of pyridine rings is 1. The van der Waals surface area contributed by atoms with Crippen molar-refractivity contribution in [3.05, 3.63) is 30.5 Å². The van der Waals surface area contributed by atoms with E-state index in [2.05, 4.69) is 28.1 Å². The van der Waals surface area contributed by atoms with Crippen molar-refractivity contribution in [1.29, 1.82) is 0 Å². The van der Waals surface area contributed by atoms with Gasteiger partial charge >= 0.3 is 0 Å². The van der Waals surface area contributed by atoms with Crippen LogP contribution in [0.3, 0.4) is 0 Å². The Kier molecular flexibility index (Phi) is 2.04. The van der Waals surface area contributed by atoms with Crippen LogP contribution in [-0.4, -0.2) is 17.6 Å². The fourth-order valence-corrected chi connectivity index (χ4v) is 3.63. The van der Waals surface area contributed by atoms with Crippen molar-refractivity contribution in [2.24, 2.45) is 5.92 Å². The third-order valence-corrected chi connectivity index (χ3v) is 4.52. The number of piperidine rings is 1. The Labute approximate surface area is 107 Å². The maximum atomic E-state index is 6.35. The molecule has 1 aromatic carbocycles. The molecule has 2 aromatic rings. The largest absolute Gasteiger partial charge is 0.396 e. The van der Waals surface area contributed by atoms with Gasteiger partial charge in [0.25, 0.3) is 0 Å². The third-order valence-electron chi connectivity index (χ3n) is 4.52. The minimum atomic E-state index is 0.714. The van der Waals surface area contributed by atoms with Gasteiger partial charge in [-0.25, -0.2) is 0 Å². The molecule has 2 N–H and O–H groups in total. The van der Waals surface area contributed by atoms with Crippen LogP contribution in [-0.2, 0) is 0 Å². The average Bonchev–Trinajstić information content (AvgIpc) is 3.02. The molecule has 3 nitrogen and oxygen atoms in total. The number of nitrogens with zero attached hydrogens (tertiary/aromatic N) is 2. The lowest BCUT2D eigenvalue weighted by Gasteiger charge is -2.30. The average molecular weight is 239 g/mol. The Morgan fingerprint density at radius 1 is 1.22 bits per heavy atom. The SMILES string of the molecule is Nc1c(N2CC3CCC2C3)ccc2ncccc12. The van der Waals surface area contributed by atoms with E-state index in [9.17, 15) is 0 Å². The van der Waals surface area contributed by atoms with Gasteiger partial charge in [0.1, 0.15) is 0 Å². The fraction of sp³-hybridized carbons (Fsp3) is 0.400. The van der Waals surface area contributed by atoms with E-state index < -0.39 is 0 Å². The van der Waals surface area contributed by atoms with Crippen LogP contribution in [0, 0.1) is 5.92 Å². The molecule has 0 spiro atoms. The minimum absolute atomic E-state index is 0.714. The number of aromatic nitrogens is 1. The Morgan fingerprint density at radius 2 is 2.17 bits per heavy atom. The zero-order valence-corrected chi connectivity index (χ0v) is 10.3. The summed E-state index contributed by atoms with van der Waals surface area (Å²) in [6.45, 7) is 1.18. The molecule has 1 saturated carbocycles. The van der Waals surface area contributed by atoms with E-state index in [1.807, 2.05) is 12.3 Å². The predicted molar refractivity (Wildman–Crippen MR) is 74.6 cm³/mol. The van der Waals surface area contributed by atoms with Crippen LogP contribution in [0.25, 0.3) is 10.9 Å². The number of benzene rings is 1. The predicted octanol–water partition coefficient (Wildman–Crippen LogP) is 2.81. The lowest BCUT2D eigenvalue weighted by Crippen LogP contribution is -2.32. The van der Waals surface area contributed by atoms with Crippen molar-refractivity contribution >= 4 is 22.3 Å². The summed E-state index contributed by atoms with van der Waals surface area (Å²) in [6, 6.07) is 8.97. The van der Waals surface area contributed by atoms with E-state index in [4.69, 9.17) is 5.73 Å². The number of nitrogen functional groups attached to an aromatic ring is 1. The summed E-state index contributed by atoms with van der Waals surface area (Å²) in [6.07, 6.45) is 5.90. The van der Waals surface area contributed by atoms with Crippen molar-refractivity contribution < 1.29 is 0 Å². The third kappa shape index (κ3) is 1.33. The van der Waals surface area contributed by atoms with E-state index in [-0.39, 0.29) is 0 Å². The van der Waals surface area contributed by atoms with Crippen LogP contribution in [0.5, 0.6) is 0 Å². The number of hydrogen-bond acceptors (Lipinski definition) is 3. The minimum Gasteiger partial charge on any atom is -0.396 e. The van der Waals surface area contributed by atoms with Crippen LogP contribution in [0.2, 0.25) is 0 Å². The highest BCUT2D eigenvalue weighted by Crippen LogP contribution is 2.43. The molecule has 1 saturated heterocycles. The molecule has 4 rings (SSSR count). The molecule has 3 heteroatoms. The van der Waals surface area contributed by atoms with Gasteiger partial charge in [-0.3, -0.25) is 4.98 Å². The zero-order valence-electron chi connectivity index (χ0n) is 10.3. The first-order chi connectivity index (χ1) is 8.83. The summed E-state index contributed by atoms with van der Waals surface area (Å²) >= 11 is 0. The highest BCUT2D eigenvalue weighted by molar-refractivity contribution is 5.97. The molecular weight excluding hydrogens is 222 g/mol. The van der Waals surface area contributed by atoms with Crippen LogP contribution < -0.4 is 10.6 Å². The summed E-state index contributed by atoms with van der Waals surface area (Å²) < 4.78 is 0. The van der Waals surface area contributed by atoms with Gasteiger partial charge in [0.15, 0.2) is 0 Å². The van der Waals surface area contributed by atoms with Crippen molar-refractivity contribution in [2.45, 2.75) is 25.3 Å². The number of nitrogens with two attached hydrogens (primary N) is 1. The highest BCUT2D eigenvalue weighted by atomic mass is 15.2. The lowest BCUT2D eigenvalue weighted by atomic mass is 10.1. The van der Waals surface area contributed by atoms with E-state index in [1.165, 1.54) is 31.5 Å². The molecule has 0 radical (unpaired) electrons. The number of rotatable bonds is 1. The second-order valence-electron chi connectivity index (χ2n) is 5.55. The Morgan fingerprint density at radius 3 is 2.94 bits per heavy atom. The number of fused-ring (bicyclic) bond motifs is 3. The number of hydrogen-bond donors (Lipinski definition) is 1. The molecule has 2 bridgehead atoms. The maximum Gasteiger partial charge on any atom is 0.0724 e. The Balaban J connectivity index is 1.83. The van der Waals surface area contributed by atoms with Crippen LogP contribution in [0.4, 0.5) is 11.4 Å². The highest BCUT2D eigenvalue weighted by Gasteiger charge is 2.38. The van der Waals surface area contributed by atoms with E-state index in [0.29, 0.717) is 6.04 Å². The molecule has 18 heavy (non-hydrogen) atoms. The first kappa shape index (κ1) is 10.2. The summed E-state index contributed by atoms with van der Waals surface area (Å²) in [4.78, 5) is 6.87. The topological polar surface area (TPSA) is 42.1 Å². The molecule has 92 valence electrons. The van der Waals surface area contributed by atoms with Gasteiger partial charge in [-0.15, -0.1) is 0 Å². The van der Waals surface area contributed by atoms with E-state index >= 15 is 0 Å². The van der Waals surface area contributed by atoms with Crippen LogP contribution >= 0.6 is 0 Å². The Bertz CT molecular complexity index is 608. The van der Waals surface area contributed by atoms with E-state index in [0.717, 1.165) is 22.5 Å². The fourth-order valence-electron chi connectivity index (χ4n) is 3.63. The maximum absolute atomic E-state index is 6.35. The molecule has 0 amide bonds. The van der Waals surface area contributed by atoms with Gasteiger partial charge in [0.2, 0.25) is 0 Å². The molecular formula is C15H17N3. The quantitative estimate of drug-likeness (QED) is 0.778. The molecule has 1 aromatic heterocycles. The first-order valence-corrected chi connectivity index (χ1v) is 6.73. The molecule has 2 unspecified atom stereocenters. The van der Waals surface area contributed by atoms with Gasteiger partial charge in [0.05, 0.1) is 16.9 Å². The molecule has 2 fully saturated rings. The molecule has 1 aliphatic heterocycles. The zero-order chi connectivity index (χ0) is 12.1. The Hall–Kier alpha value is -1.77. The summed E-state index contributed by atoms with van der Waals surface area (Å²) in [5.41, 5.74) is 9.45. The molecule has 1 aliphatic carbocycles. The molecule has 2 atom stereocenters. The van der Waals surface area contributed by atoms with Gasteiger partial charge in [-0.2, -0.15) is 0 Å². The normalized spacial score (nSPS) is 26.1. The van der Waals surface area contributed by atoms with Crippen molar-refractivity contribution in [1.82, 2.24) is 4.98 Å². The smallest absolute Gasteiger partial charge is 0.0724 e. The van der Waals surface area contributed by atoms with Gasteiger partial charge in [-0.05, 0) is 49.4 Å². The van der Waals surface area contributed by atoms with Crippen molar-refractivity contribution in [3.63, 3.8) is 0 Å². The number of anilines is 2. The van der Waals surface area contributed by atoms with Crippen molar-refractivity contribution in [2.75, 3.05) is 17.2 Å². The molecule has 2 heterocycles. The van der Waals surface area contributed by atoms with Crippen LogP contribution in [0.15, 0.2) is 30.5 Å². The monoisotopic (exact) mass is 239 g/mol. The van der Waals surface area contributed by atoms with Gasteiger partial charge in [0, 0.05) is 24.2 Å². The van der Waals surface area contributed by atoms with E-state index in [1.54, 1.807) is 0 Å². The summed E-state index contributed by atoms with van der Waals surface area (Å²) in [7, 11) is 0. The van der Waals surface area contributed by atoms with Gasteiger partial charge < -0.3 is 10.6 Å². The summed E-state index contributed by atoms with van der Waals surface area (Å²) in [5.74, 6) is 0.888.